The van der Waals surface area contributed by atoms with Crippen LogP contribution >= 0.6 is 0 Å². The summed E-state index contributed by atoms with van der Waals surface area (Å²) < 4.78 is 40.3. The number of rotatable bonds is 2. The molecule has 0 atom stereocenters. The molecule has 0 heterocycles. The smallest absolute Gasteiger partial charge is 0.406 e. The Morgan fingerprint density at radius 3 is 2.53 bits per heavy atom. The molecule has 4 heteroatoms. The Morgan fingerprint density at radius 2 is 1.89 bits per heavy atom. The van der Waals surface area contributed by atoms with Crippen molar-refractivity contribution in [2.75, 3.05) is 0 Å². The quantitative estimate of drug-likeness (QED) is 0.719. The Kier molecular flexibility index (Phi) is 4.17. The standard InChI is InChI=1S/C15H17F3O/c1-11-5-7-12(8-6-11)9-13-3-2-4-14(10-13)19-15(16,17)18/h2-4,9-11H,5-8H2,1H3. The maximum atomic E-state index is 12.1. The Bertz CT molecular complexity index is 453. The van der Waals surface area contributed by atoms with E-state index in [4.69, 9.17) is 0 Å². The second kappa shape index (κ2) is 5.68. The lowest BCUT2D eigenvalue weighted by Crippen LogP contribution is -2.17. The number of alkyl halides is 3. The van der Waals surface area contributed by atoms with E-state index in [1.54, 1.807) is 12.1 Å². The first-order valence-electron chi connectivity index (χ1n) is 6.47. The Morgan fingerprint density at radius 1 is 1.21 bits per heavy atom. The Balaban J connectivity index is 2.09. The van der Waals surface area contributed by atoms with Gasteiger partial charge in [0.1, 0.15) is 5.75 Å². The van der Waals surface area contributed by atoms with Crippen molar-refractivity contribution in [3.63, 3.8) is 0 Å². The summed E-state index contributed by atoms with van der Waals surface area (Å²) in [6.45, 7) is 2.23. The predicted molar refractivity (Wildman–Crippen MR) is 68.7 cm³/mol. The van der Waals surface area contributed by atoms with Crippen LogP contribution in [0.25, 0.3) is 6.08 Å². The number of halogens is 3. The summed E-state index contributed by atoms with van der Waals surface area (Å²) >= 11 is 0. The summed E-state index contributed by atoms with van der Waals surface area (Å²) in [5.74, 6) is 0.586. The lowest BCUT2D eigenvalue weighted by Gasteiger charge is -2.20. The summed E-state index contributed by atoms with van der Waals surface area (Å²) in [6, 6.07) is 6.13. The van der Waals surface area contributed by atoms with Crippen LogP contribution in [0.4, 0.5) is 13.2 Å². The van der Waals surface area contributed by atoms with Gasteiger partial charge in [-0.3, -0.25) is 0 Å². The van der Waals surface area contributed by atoms with Gasteiger partial charge in [-0.1, -0.05) is 30.7 Å². The molecular formula is C15H17F3O. The zero-order chi connectivity index (χ0) is 13.9. The maximum Gasteiger partial charge on any atom is 0.573 e. The number of hydrogen-bond acceptors (Lipinski definition) is 1. The van der Waals surface area contributed by atoms with E-state index in [1.165, 1.54) is 17.7 Å². The van der Waals surface area contributed by atoms with E-state index in [0.717, 1.165) is 37.2 Å². The highest BCUT2D eigenvalue weighted by atomic mass is 19.4. The van der Waals surface area contributed by atoms with Gasteiger partial charge in [0.2, 0.25) is 0 Å². The molecule has 104 valence electrons. The van der Waals surface area contributed by atoms with Crippen molar-refractivity contribution in [3.8, 4) is 5.75 Å². The normalized spacial score (nSPS) is 20.2. The molecule has 1 aromatic rings. The summed E-state index contributed by atoms with van der Waals surface area (Å²) in [5, 5.41) is 0. The van der Waals surface area contributed by atoms with Gasteiger partial charge in [-0.2, -0.15) is 0 Å². The Hall–Kier alpha value is -1.45. The number of ether oxygens (including phenoxy) is 1. The lowest BCUT2D eigenvalue weighted by molar-refractivity contribution is -0.274. The average Bonchev–Trinajstić information content (AvgIpc) is 2.30. The summed E-state index contributed by atoms with van der Waals surface area (Å²) in [6.07, 6.45) is 1.73. The second-order valence-electron chi connectivity index (χ2n) is 5.11. The molecule has 1 aliphatic carbocycles. The van der Waals surface area contributed by atoms with Crippen LogP contribution in [-0.4, -0.2) is 6.36 Å². The molecule has 0 aliphatic heterocycles. The van der Waals surface area contributed by atoms with Crippen molar-refractivity contribution < 1.29 is 17.9 Å². The van der Waals surface area contributed by atoms with Gasteiger partial charge >= 0.3 is 6.36 Å². The van der Waals surface area contributed by atoms with E-state index >= 15 is 0 Å². The van der Waals surface area contributed by atoms with E-state index in [-0.39, 0.29) is 5.75 Å². The fraction of sp³-hybridized carbons (Fsp3) is 0.467. The van der Waals surface area contributed by atoms with Crippen LogP contribution in [0.15, 0.2) is 29.8 Å². The van der Waals surface area contributed by atoms with E-state index in [9.17, 15) is 13.2 Å². The summed E-state index contributed by atoms with van der Waals surface area (Å²) in [7, 11) is 0. The molecule has 0 spiro atoms. The van der Waals surface area contributed by atoms with Crippen LogP contribution in [-0.2, 0) is 0 Å². The topological polar surface area (TPSA) is 9.23 Å². The van der Waals surface area contributed by atoms with Crippen LogP contribution in [0.5, 0.6) is 5.75 Å². The molecule has 0 unspecified atom stereocenters. The zero-order valence-electron chi connectivity index (χ0n) is 10.8. The van der Waals surface area contributed by atoms with Crippen molar-refractivity contribution >= 4 is 6.08 Å². The first kappa shape index (κ1) is 14.0. The molecule has 0 saturated heterocycles. The third-order valence-electron chi connectivity index (χ3n) is 3.38. The number of allylic oxidation sites excluding steroid dienone is 1. The van der Waals surface area contributed by atoms with Gasteiger partial charge in [0, 0.05) is 0 Å². The highest BCUT2D eigenvalue weighted by Gasteiger charge is 2.31. The molecule has 1 aromatic carbocycles. The van der Waals surface area contributed by atoms with Gasteiger partial charge in [0.25, 0.3) is 0 Å². The number of benzene rings is 1. The van der Waals surface area contributed by atoms with Gasteiger partial charge in [-0.05, 0) is 49.3 Å². The molecule has 0 amide bonds. The van der Waals surface area contributed by atoms with Crippen molar-refractivity contribution in [1.82, 2.24) is 0 Å². The SMILES string of the molecule is CC1CCC(=Cc2cccc(OC(F)(F)F)c2)CC1. The fourth-order valence-electron chi connectivity index (χ4n) is 2.31. The minimum Gasteiger partial charge on any atom is -0.406 e. The van der Waals surface area contributed by atoms with E-state index in [1.807, 2.05) is 6.08 Å². The van der Waals surface area contributed by atoms with Gasteiger partial charge in [0.05, 0.1) is 0 Å². The molecule has 0 bridgehead atoms. The molecule has 1 fully saturated rings. The lowest BCUT2D eigenvalue weighted by atomic mass is 9.86. The minimum atomic E-state index is -4.63. The van der Waals surface area contributed by atoms with Crippen LogP contribution in [0, 0.1) is 5.92 Å². The van der Waals surface area contributed by atoms with E-state index in [2.05, 4.69) is 11.7 Å². The summed E-state index contributed by atoms with van der Waals surface area (Å²) in [4.78, 5) is 0. The van der Waals surface area contributed by atoms with Crippen LogP contribution in [0.2, 0.25) is 0 Å². The van der Waals surface area contributed by atoms with Crippen molar-refractivity contribution in [2.24, 2.45) is 5.92 Å². The van der Waals surface area contributed by atoms with Gasteiger partial charge < -0.3 is 4.74 Å². The largest absolute Gasteiger partial charge is 0.573 e. The van der Waals surface area contributed by atoms with Crippen molar-refractivity contribution in [2.45, 2.75) is 39.0 Å². The predicted octanol–water partition coefficient (Wildman–Crippen LogP) is 5.18. The average molecular weight is 270 g/mol. The Labute approximate surface area is 111 Å². The van der Waals surface area contributed by atoms with Crippen LogP contribution in [0.1, 0.15) is 38.2 Å². The monoisotopic (exact) mass is 270 g/mol. The fourth-order valence-corrected chi connectivity index (χ4v) is 2.31. The third-order valence-corrected chi connectivity index (χ3v) is 3.38. The molecule has 0 aromatic heterocycles. The molecular weight excluding hydrogens is 253 g/mol. The minimum absolute atomic E-state index is 0.161. The van der Waals surface area contributed by atoms with E-state index < -0.39 is 6.36 Å². The molecule has 1 nitrogen and oxygen atoms in total. The number of hydrogen-bond donors (Lipinski definition) is 0. The second-order valence-corrected chi connectivity index (χ2v) is 5.11. The molecule has 1 saturated carbocycles. The molecule has 0 N–H and O–H groups in total. The zero-order valence-corrected chi connectivity index (χ0v) is 10.8. The molecule has 2 rings (SSSR count). The van der Waals surface area contributed by atoms with E-state index in [0.29, 0.717) is 0 Å². The highest BCUT2D eigenvalue weighted by molar-refractivity contribution is 5.55. The van der Waals surface area contributed by atoms with Crippen molar-refractivity contribution in [3.05, 3.63) is 35.4 Å². The van der Waals surface area contributed by atoms with Gasteiger partial charge in [-0.15, -0.1) is 13.2 Å². The first-order valence-corrected chi connectivity index (χ1v) is 6.47. The van der Waals surface area contributed by atoms with Crippen molar-refractivity contribution in [1.29, 1.82) is 0 Å². The highest BCUT2D eigenvalue weighted by Crippen LogP contribution is 2.30. The maximum absolute atomic E-state index is 12.1. The summed E-state index contributed by atoms with van der Waals surface area (Å²) in [5.41, 5.74) is 2.08. The van der Waals surface area contributed by atoms with Crippen LogP contribution in [0.3, 0.4) is 0 Å². The first-order chi connectivity index (χ1) is 8.92. The molecule has 19 heavy (non-hydrogen) atoms. The molecule has 1 aliphatic rings. The van der Waals surface area contributed by atoms with Gasteiger partial charge in [-0.25, -0.2) is 0 Å². The molecule has 0 radical (unpaired) electrons. The van der Waals surface area contributed by atoms with Crippen LogP contribution < -0.4 is 4.74 Å². The third kappa shape index (κ3) is 4.62. The van der Waals surface area contributed by atoms with Gasteiger partial charge in [0.15, 0.2) is 0 Å².